The zero-order valence-electron chi connectivity index (χ0n) is 17.5. The van der Waals surface area contributed by atoms with Crippen molar-refractivity contribution < 1.29 is 18.7 Å². The average molecular weight is 426 g/mol. The van der Waals surface area contributed by atoms with E-state index >= 15 is 0 Å². The molecule has 2 fully saturated rings. The summed E-state index contributed by atoms with van der Waals surface area (Å²) in [6.45, 7) is 3.43. The molecule has 2 aliphatic heterocycles. The number of halogens is 1. The van der Waals surface area contributed by atoms with Crippen molar-refractivity contribution >= 4 is 29.1 Å². The number of carbonyl (C=O) groups excluding carboxylic acids is 2. The summed E-state index contributed by atoms with van der Waals surface area (Å²) in [6.07, 6.45) is 0.851. The summed E-state index contributed by atoms with van der Waals surface area (Å²) in [7, 11) is 0. The number of hydrogen-bond donors (Lipinski definition) is 2. The Balaban J connectivity index is 1.35. The lowest BCUT2D eigenvalue weighted by Crippen LogP contribution is -2.39. The summed E-state index contributed by atoms with van der Waals surface area (Å²) >= 11 is 0. The van der Waals surface area contributed by atoms with Crippen LogP contribution in [0.2, 0.25) is 0 Å². The van der Waals surface area contributed by atoms with E-state index in [9.17, 15) is 14.0 Å². The molecule has 31 heavy (non-hydrogen) atoms. The summed E-state index contributed by atoms with van der Waals surface area (Å²) in [5.74, 6) is -0.544. The molecule has 164 valence electrons. The summed E-state index contributed by atoms with van der Waals surface area (Å²) in [4.78, 5) is 26.7. The van der Waals surface area contributed by atoms with E-state index in [1.54, 1.807) is 12.1 Å². The quantitative estimate of drug-likeness (QED) is 0.741. The van der Waals surface area contributed by atoms with Gasteiger partial charge in [0, 0.05) is 31.7 Å². The van der Waals surface area contributed by atoms with Gasteiger partial charge in [0.1, 0.15) is 11.9 Å². The van der Waals surface area contributed by atoms with Crippen molar-refractivity contribution in [2.75, 3.05) is 41.3 Å². The van der Waals surface area contributed by atoms with Gasteiger partial charge in [-0.05, 0) is 43.2 Å². The van der Waals surface area contributed by atoms with Gasteiger partial charge in [0.05, 0.1) is 24.5 Å². The van der Waals surface area contributed by atoms with Gasteiger partial charge < -0.3 is 20.3 Å². The predicted molar refractivity (Wildman–Crippen MR) is 118 cm³/mol. The molecular weight excluding hydrogens is 399 g/mol. The third kappa shape index (κ3) is 5.07. The van der Waals surface area contributed by atoms with Crippen molar-refractivity contribution in [3.05, 3.63) is 54.3 Å². The zero-order chi connectivity index (χ0) is 21.8. The van der Waals surface area contributed by atoms with Crippen molar-refractivity contribution in [3.63, 3.8) is 0 Å². The van der Waals surface area contributed by atoms with Gasteiger partial charge in [-0.2, -0.15) is 0 Å². The highest BCUT2D eigenvalue weighted by Gasteiger charge is 2.33. The number of hydrogen-bond acceptors (Lipinski definition) is 5. The number of nitrogens with one attached hydrogen (secondary N) is 2. The fourth-order valence-corrected chi connectivity index (χ4v) is 4.05. The second kappa shape index (κ2) is 9.24. The minimum Gasteiger partial charge on any atom is -0.442 e. The molecule has 0 unspecified atom stereocenters. The Morgan fingerprint density at radius 1 is 1.16 bits per heavy atom. The van der Waals surface area contributed by atoms with Crippen LogP contribution in [0.15, 0.2) is 48.5 Å². The van der Waals surface area contributed by atoms with Gasteiger partial charge in [0.25, 0.3) is 0 Å². The Hall–Kier alpha value is -3.29. The Bertz CT molecular complexity index is 932. The number of anilines is 3. The van der Waals surface area contributed by atoms with E-state index in [4.69, 9.17) is 4.74 Å². The molecule has 2 aromatic rings. The van der Waals surface area contributed by atoms with Crippen LogP contribution in [-0.2, 0) is 9.53 Å². The molecule has 0 bridgehead atoms. The Morgan fingerprint density at radius 3 is 2.58 bits per heavy atom. The number of amides is 2. The summed E-state index contributed by atoms with van der Waals surface area (Å²) < 4.78 is 20.2. The third-order valence-corrected chi connectivity index (χ3v) is 5.68. The van der Waals surface area contributed by atoms with Gasteiger partial charge in [-0.3, -0.25) is 9.69 Å². The smallest absolute Gasteiger partial charge is 0.414 e. The maximum absolute atomic E-state index is 14.9. The maximum atomic E-state index is 14.9. The van der Waals surface area contributed by atoms with Crippen molar-refractivity contribution in [2.24, 2.45) is 0 Å². The molecule has 2 aromatic carbocycles. The molecule has 7 nitrogen and oxygen atoms in total. The number of piperidine rings is 1. The lowest BCUT2D eigenvalue weighted by molar-refractivity contribution is -0.119. The van der Waals surface area contributed by atoms with E-state index in [0.29, 0.717) is 17.4 Å². The van der Waals surface area contributed by atoms with Crippen LogP contribution < -0.4 is 20.4 Å². The minimum atomic E-state index is -0.532. The van der Waals surface area contributed by atoms with Crippen LogP contribution in [0, 0.1) is 5.82 Å². The first-order valence-corrected chi connectivity index (χ1v) is 10.6. The Labute approximate surface area is 181 Å². The normalized spacial score (nSPS) is 19.3. The molecule has 4 rings (SSSR count). The second-order valence-electron chi connectivity index (χ2n) is 7.96. The van der Waals surface area contributed by atoms with Gasteiger partial charge in [-0.15, -0.1) is 0 Å². The number of benzene rings is 2. The number of rotatable bonds is 6. The third-order valence-electron chi connectivity index (χ3n) is 5.68. The Morgan fingerprint density at radius 2 is 1.90 bits per heavy atom. The largest absolute Gasteiger partial charge is 0.442 e. The highest BCUT2D eigenvalue weighted by Crippen LogP contribution is 2.30. The van der Waals surface area contributed by atoms with Gasteiger partial charge in [-0.1, -0.05) is 18.2 Å². The molecule has 2 N–H and O–H groups in total. The zero-order valence-corrected chi connectivity index (χ0v) is 17.5. The van der Waals surface area contributed by atoms with Gasteiger partial charge in [-0.25, -0.2) is 9.18 Å². The van der Waals surface area contributed by atoms with E-state index < -0.39 is 12.2 Å². The highest BCUT2D eigenvalue weighted by molar-refractivity contribution is 5.90. The number of cyclic esters (lactones) is 1. The number of ether oxygens (including phenoxy) is 1. The fraction of sp³-hybridized carbons (Fsp3) is 0.391. The van der Waals surface area contributed by atoms with Crippen LogP contribution in [0.25, 0.3) is 0 Å². The van der Waals surface area contributed by atoms with Crippen LogP contribution >= 0.6 is 0 Å². The van der Waals surface area contributed by atoms with Crippen LogP contribution in [-0.4, -0.2) is 50.3 Å². The molecule has 0 spiro atoms. The van der Waals surface area contributed by atoms with Gasteiger partial charge in [0.15, 0.2) is 0 Å². The fourth-order valence-electron chi connectivity index (χ4n) is 4.05. The monoisotopic (exact) mass is 426 g/mol. The van der Waals surface area contributed by atoms with E-state index in [0.717, 1.165) is 31.6 Å². The van der Waals surface area contributed by atoms with E-state index in [1.165, 1.54) is 17.9 Å². The molecule has 2 amide bonds. The number of nitrogens with zero attached hydrogens (tertiary/aromatic N) is 2. The lowest BCUT2D eigenvalue weighted by Gasteiger charge is -2.34. The molecule has 0 radical (unpaired) electrons. The van der Waals surface area contributed by atoms with E-state index in [-0.39, 0.29) is 24.8 Å². The second-order valence-corrected chi connectivity index (χ2v) is 7.96. The lowest BCUT2D eigenvalue weighted by atomic mass is 10.0. The van der Waals surface area contributed by atoms with Crippen LogP contribution in [0.3, 0.4) is 0 Å². The number of carbonyl (C=O) groups is 2. The summed E-state index contributed by atoms with van der Waals surface area (Å²) in [5.41, 5.74) is 2.10. The van der Waals surface area contributed by atoms with Crippen molar-refractivity contribution in [2.45, 2.75) is 31.9 Å². The summed E-state index contributed by atoms with van der Waals surface area (Å²) in [6, 6.07) is 15.3. The molecule has 1 atom stereocenters. The minimum absolute atomic E-state index is 0.187. The topological polar surface area (TPSA) is 73.9 Å². The first-order chi connectivity index (χ1) is 15.0. The molecule has 2 saturated heterocycles. The highest BCUT2D eigenvalue weighted by atomic mass is 19.1. The number of para-hydroxylation sites is 1. The van der Waals surface area contributed by atoms with Crippen LogP contribution in [0.5, 0.6) is 0 Å². The van der Waals surface area contributed by atoms with Crippen LogP contribution in [0.1, 0.15) is 19.8 Å². The van der Waals surface area contributed by atoms with E-state index in [1.807, 2.05) is 23.1 Å². The standard InChI is InChI=1S/C23H27FN4O3/c1-16(29)25-14-20-15-28(23(30)31-20)19-7-8-22(21(24)13-19)27-11-9-18(10-12-27)26-17-5-3-2-4-6-17/h2-8,13,18,20,26H,9-12,14-15H2,1H3,(H,25,29)/t20-/m0/s1. The average Bonchev–Trinajstić information content (AvgIpc) is 3.14. The molecule has 0 saturated carbocycles. The molecule has 2 heterocycles. The summed E-state index contributed by atoms with van der Waals surface area (Å²) in [5, 5.41) is 6.17. The molecular formula is C23H27FN4O3. The molecule has 0 aliphatic carbocycles. The first kappa shape index (κ1) is 21.0. The first-order valence-electron chi connectivity index (χ1n) is 10.6. The SMILES string of the molecule is CC(=O)NC[C@H]1CN(c2ccc(N3CCC(Nc4ccccc4)CC3)c(F)c2)C(=O)O1. The van der Waals surface area contributed by atoms with Crippen molar-refractivity contribution in [1.82, 2.24) is 5.32 Å². The Kier molecular flexibility index (Phi) is 6.25. The predicted octanol–water partition coefficient (Wildman–Crippen LogP) is 3.37. The van der Waals surface area contributed by atoms with E-state index in [2.05, 4.69) is 22.8 Å². The molecule has 8 heteroatoms. The van der Waals surface area contributed by atoms with Crippen LogP contribution in [0.4, 0.5) is 26.2 Å². The van der Waals surface area contributed by atoms with Crippen molar-refractivity contribution in [3.8, 4) is 0 Å². The molecule has 2 aliphatic rings. The van der Waals surface area contributed by atoms with Gasteiger partial charge >= 0.3 is 6.09 Å². The van der Waals surface area contributed by atoms with Gasteiger partial charge in [0.2, 0.25) is 5.91 Å². The molecule has 0 aromatic heterocycles. The maximum Gasteiger partial charge on any atom is 0.414 e. The van der Waals surface area contributed by atoms with Crippen molar-refractivity contribution in [1.29, 1.82) is 0 Å².